The van der Waals surface area contributed by atoms with Gasteiger partial charge in [-0.2, -0.15) is 0 Å². The molecule has 0 aromatic heterocycles. The number of hydrogen-bond acceptors (Lipinski definition) is 1. The van der Waals surface area contributed by atoms with E-state index in [1.807, 2.05) is 0 Å². The van der Waals surface area contributed by atoms with Crippen molar-refractivity contribution in [2.45, 2.75) is 0 Å². The second-order valence-corrected chi connectivity index (χ2v) is 0. The summed E-state index contributed by atoms with van der Waals surface area (Å²) >= 11 is 0.300. The predicted molar refractivity (Wildman–Crippen MR) is 6.44 cm³/mol. The molecule has 0 amide bonds. The van der Waals surface area contributed by atoms with E-state index in [9.17, 15) is 0 Å². The van der Waals surface area contributed by atoms with Gasteiger partial charge in [-0.1, -0.05) is 0 Å². The van der Waals surface area contributed by atoms with Crippen molar-refractivity contribution >= 4 is 22.5 Å². The first kappa shape index (κ1) is 17.1. The zero-order valence-electron chi connectivity index (χ0n) is 1.63. The smallest absolute Gasteiger partial charge is 0 e. The van der Waals surface area contributed by atoms with Crippen LogP contribution in [0.3, 0.4) is 0 Å². The van der Waals surface area contributed by atoms with Gasteiger partial charge in [0, 0.05) is 37.6 Å². The van der Waals surface area contributed by atoms with Gasteiger partial charge in [0.05, 0.1) is 0 Å². The van der Waals surface area contributed by atoms with Crippen LogP contribution >= 0.6 is 0 Å². The normalized spacial score (nSPS) is 1.00. The third-order valence-electron chi connectivity index (χ3n) is 0. The summed E-state index contributed by atoms with van der Waals surface area (Å²) in [4.78, 5) is 0. The largest absolute Gasteiger partial charge is 0 e. The minimum atomic E-state index is 0. The van der Waals surface area contributed by atoms with E-state index in [2.05, 4.69) is 0 Å². The molecule has 26 valence electrons. The standard InChI is InChI=1S/Ni.O.Sn.W. The van der Waals surface area contributed by atoms with E-state index < -0.39 is 0 Å². The van der Waals surface area contributed by atoms with Gasteiger partial charge in [0.25, 0.3) is 0 Å². The molecular weight excluding hydrogens is 377 g/mol. The summed E-state index contributed by atoms with van der Waals surface area (Å²) in [7, 11) is 0. The zero-order valence-corrected chi connectivity index (χ0v) is 8.41. The summed E-state index contributed by atoms with van der Waals surface area (Å²) < 4.78 is 8.34. The van der Waals surface area contributed by atoms with Gasteiger partial charge in [0.2, 0.25) is 0 Å². The van der Waals surface area contributed by atoms with Crippen LogP contribution in [0.2, 0.25) is 0 Å². The van der Waals surface area contributed by atoms with Gasteiger partial charge in [-0.15, -0.1) is 0 Å². The van der Waals surface area contributed by atoms with Crippen LogP contribution in [-0.2, 0) is 40.6 Å². The minimum Gasteiger partial charge on any atom is 0 e. The van der Waals surface area contributed by atoms with E-state index in [1.165, 1.54) is 0 Å². The monoisotopic (exact) mass is 378 g/mol. The van der Waals surface area contributed by atoms with Crippen LogP contribution in [0, 0.1) is 0 Å². The van der Waals surface area contributed by atoms with Crippen LogP contribution in [0.25, 0.3) is 0 Å². The molecule has 4 heavy (non-hydrogen) atoms. The average Bonchev–Trinajstić information content (AvgIpc) is 1.00. The summed E-state index contributed by atoms with van der Waals surface area (Å²) in [5.74, 6) is 0. The van der Waals surface area contributed by atoms with Gasteiger partial charge >= 0.3 is 25.6 Å². The summed E-state index contributed by atoms with van der Waals surface area (Å²) in [6, 6.07) is 0. The summed E-state index contributed by atoms with van der Waals surface area (Å²) in [6.45, 7) is 0. The summed E-state index contributed by atoms with van der Waals surface area (Å²) in [6.07, 6.45) is 0. The van der Waals surface area contributed by atoms with Crippen molar-refractivity contribution < 1.29 is 40.6 Å². The maximum atomic E-state index is 8.34. The van der Waals surface area contributed by atoms with E-state index in [-0.39, 0.29) is 37.6 Å². The Morgan fingerprint density at radius 1 is 1.25 bits per heavy atom. The first-order chi connectivity index (χ1) is 1.00. The van der Waals surface area contributed by atoms with Crippen molar-refractivity contribution in [1.82, 2.24) is 0 Å². The third-order valence-corrected chi connectivity index (χ3v) is 0. The van der Waals surface area contributed by atoms with E-state index in [0.29, 0.717) is 22.5 Å². The van der Waals surface area contributed by atoms with Gasteiger partial charge in [0.15, 0.2) is 0 Å². The van der Waals surface area contributed by atoms with Crippen molar-refractivity contribution in [1.29, 1.82) is 0 Å². The van der Waals surface area contributed by atoms with Gasteiger partial charge in [-0.05, 0) is 0 Å². The fourth-order valence-electron chi connectivity index (χ4n) is 0. The fourth-order valence-corrected chi connectivity index (χ4v) is 0. The first-order valence-electron chi connectivity index (χ1n) is 0.204. The van der Waals surface area contributed by atoms with Gasteiger partial charge < -0.3 is 0 Å². The molecule has 2 radical (unpaired) electrons. The van der Waals surface area contributed by atoms with E-state index in [4.69, 9.17) is 3.08 Å². The Morgan fingerprint density at radius 2 is 1.25 bits per heavy atom. The van der Waals surface area contributed by atoms with Gasteiger partial charge in [-0.3, -0.25) is 0 Å². The molecular formula is NiOSnW. The maximum Gasteiger partial charge on any atom is 0 e. The topological polar surface area (TPSA) is 17.1 Å². The SMILES string of the molecule is [Ni].[O]=[Sn].[W]. The second kappa shape index (κ2) is 21.6. The van der Waals surface area contributed by atoms with E-state index in [1.54, 1.807) is 0 Å². The molecule has 0 N–H and O–H groups in total. The quantitative estimate of drug-likeness (QED) is 0.520. The van der Waals surface area contributed by atoms with E-state index in [0.717, 1.165) is 0 Å². The fraction of sp³-hybridized carbons (Fsp3) is 0. The van der Waals surface area contributed by atoms with Crippen LogP contribution < -0.4 is 0 Å². The Morgan fingerprint density at radius 3 is 1.25 bits per heavy atom. The molecule has 0 aliphatic heterocycles. The number of rotatable bonds is 0. The molecule has 0 aliphatic rings. The molecule has 0 aliphatic carbocycles. The molecule has 0 aromatic rings. The van der Waals surface area contributed by atoms with Crippen molar-refractivity contribution in [3.63, 3.8) is 0 Å². The van der Waals surface area contributed by atoms with Crippen LogP contribution in [0.15, 0.2) is 0 Å². The molecule has 0 fully saturated rings. The third kappa shape index (κ3) is 9.22. The molecule has 0 saturated heterocycles. The van der Waals surface area contributed by atoms with Crippen LogP contribution in [0.4, 0.5) is 0 Å². The molecule has 0 unspecified atom stereocenters. The zero-order chi connectivity index (χ0) is 2.00. The Kier molecular flexibility index (Phi) is 92.1. The molecule has 0 spiro atoms. The first-order valence-corrected chi connectivity index (χ1v) is 1.37. The van der Waals surface area contributed by atoms with Gasteiger partial charge in [0.1, 0.15) is 0 Å². The van der Waals surface area contributed by atoms with Crippen LogP contribution in [0.1, 0.15) is 0 Å². The van der Waals surface area contributed by atoms with Crippen LogP contribution in [0.5, 0.6) is 0 Å². The number of hydrogen-bond donors (Lipinski definition) is 0. The van der Waals surface area contributed by atoms with Crippen molar-refractivity contribution in [2.75, 3.05) is 0 Å². The Hall–Kier alpha value is 1.78. The van der Waals surface area contributed by atoms with Crippen molar-refractivity contribution in [3.8, 4) is 0 Å². The minimum absolute atomic E-state index is 0. The molecule has 0 aromatic carbocycles. The maximum absolute atomic E-state index is 8.34. The summed E-state index contributed by atoms with van der Waals surface area (Å²) in [5.41, 5.74) is 0. The van der Waals surface area contributed by atoms with Crippen molar-refractivity contribution in [2.24, 2.45) is 0 Å². The molecule has 0 heterocycles. The molecule has 0 bridgehead atoms. The summed E-state index contributed by atoms with van der Waals surface area (Å²) in [5, 5.41) is 0. The Balaban J connectivity index is -0.00000000500. The molecule has 4 heteroatoms. The molecule has 0 rings (SSSR count). The average molecular weight is 377 g/mol. The molecule has 1 nitrogen and oxygen atoms in total. The predicted octanol–water partition coefficient (Wildman–Crippen LogP) is -0.505. The van der Waals surface area contributed by atoms with E-state index >= 15 is 0 Å². The Bertz CT molecular complexity index is 8.00. The van der Waals surface area contributed by atoms with Crippen LogP contribution in [-0.4, -0.2) is 22.5 Å². The molecule has 0 atom stereocenters. The Labute approximate surface area is 62.6 Å². The van der Waals surface area contributed by atoms with Crippen molar-refractivity contribution in [3.05, 3.63) is 0 Å². The van der Waals surface area contributed by atoms with Gasteiger partial charge in [-0.25, -0.2) is 0 Å². The second-order valence-electron chi connectivity index (χ2n) is 0. The molecule has 0 saturated carbocycles.